The molecule has 0 aliphatic carbocycles. The summed E-state index contributed by atoms with van der Waals surface area (Å²) in [6, 6.07) is 14.6. The van der Waals surface area contributed by atoms with Crippen molar-refractivity contribution >= 4 is 11.9 Å². The highest BCUT2D eigenvalue weighted by atomic mass is 16.5. The monoisotopic (exact) mass is 354 g/mol. The molecular weight excluding hydrogens is 328 g/mol. The van der Waals surface area contributed by atoms with E-state index >= 15 is 0 Å². The van der Waals surface area contributed by atoms with Gasteiger partial charge in [0.1, 0.15) is 11.5 Å². The van der Waals surface area contributed by atoms with E-state index in [1.807, 2.05) is 71.9 Å². The van der Waals surface area contributed by atoms with Gasteiger partial charge in [0.2, 0.25) is 0 Å². The van der Waals surface area contributed by atoms with Crippen molar-refractivity contribution < 1.29 is 19.1 Å². The summed E-state index contributed by atoms with van der Waals surface area (Å²) >= 11 is 0. The summed E-state index contributed by atoms with van der Waals surface area (Å²) in [6.07, 6.45) is 0. The second kappa shape index (κ2) is 7.32. The van der Waals surface area contributed by atoms with Crippen LogP contribution < -0.4 is 9.47 Å². The van der Waals surface area contributed by atoms with Crippen molar-refractivity contribution in [3.63, 3.8) is 0 Å². The van der Waals surface area contributed by atoms with Gasteiger partial charge in [0.25, 0.3) is 0 Å². The highest BCUT2D eigenvalue weighted by molar-refractivity contribution is 5.79. The van der Waals surface area contributed by atoms with Crippen molar-refractivity contribution in [3.05, 3.63) is 48.5 Å². The average molecular weight is 354 g/mol. The number of carbonyl (C=O) groups is 2. The largest absolute Gasteiger partial charge is 0.426 e. The minimum Gasteiger partial charge on any atom is -0.426 e. The van der Waals surface area contributed by atoms with Crippen LogP contribution >= 0.6 is 0 Å². The van der Waals surface area contributed by atoms with Crippen LogP contribution in [0.1, 0.15) is 41.5 Å². The molecule has 0 saturated carbocycles. The van der Waals surface area contributed by atoms with Gasteiger partial charge in [0.05, 0.1) is 10.8 Å². The van der Waals surface area contributed by atoms with Gasteiger partial charge in [-0.25, -0.2) is 0 Å². The minimum atomic E-state index is -0.561. The summed E-state index contributed by atoms with van der Waals surface area (Å²) in [5, 5.41) is 0. The molecule has 0 aliphatic rings. The molecule has 0 aromatic heterocycles. The zero-order chi connectivity index (χ0) is 19.5. The SMILES string of the molecule is CC(C)(C)C(=O)Oc1ccc(-c2cccc(OC(=O)C(C)(C)C)c2)cc1. The second-order valence-electron chi connectivity index (χ2n) is 8.33. The van der Waals surface area contributed by atoms with E-state index in [2.05, 4.69) is 0 Å². The van der Waals surface area contributed by atoms with Crippen molar-refractivity contribution in [3.8, 4) is 22.6 Å². The molecule has 0 aliphatic heterocycles. The van der Waals surface area contributed by atoms with Crippen molar-refractivity contribution in [1.29, 1.82) is 0 Å². The van der Waals surface area contributed by atoms with Crippen LogP contribution in [0.15, 0.2) is 48.5 Å². The number of rotatable bonds is 3. The molecule has 2 rings (SSSR count). The van der Waals surface area contributed by atoms with E-state index in [1.165, 1.54) is 0 Å². The Hall–Kier alpha value is -2.62. The minimum absolute atomic E-state index is 0.277. The first-order chi connectivity index (χ1) is 12.0. The van der Waals surface area contributed by atoms with E-state index < -0.39 is 10.8 Å². The third kappa shape index (κ3) is 5.19. The number of esters is 2. The van der Waals surface area contributed by atoms with Gasteiger partial charge in [-0.05, 0) is 76.9 Å². The number of benzene rings is 2. The van der Waals surface area contributed by atoms with Crippen molar-refractivity contribution in [2.45, 2.75) is 41.5 Å². The van der Waals surface area contributed by atoms with Gasteiger partial charge >= 0.3 is 11.9 Å². The van der Waals surface area contributed by atoms with Gasteiger partial charge < -0.3 is 9.47 Å². The maximum atomic E-state index is 12.0. The van der Waals surface area contributed by atoms with Crippen LogP contribution in [-0.4, -0.2) is 11.9 Å². The third-order valence-corrected chi connectivity index (χ3v) is 3.67. The molecule has 0 fully saturated rings. The van der Waals surface area contributed by atoms with Gasteiger partial charge in [-0.1, -0.05) is 24.3 Å². The van der Waals surface area contributed by atoms with Crippen LogP contribution in [0.25, 0.3) is 11.1 Å². The van der Waals surface area contributed by atoms with Crippen LogP contribution in [0, 0.1) is 10.8 Å². The summed E-state index contributed by atoms with van der Waals surface area (Å²) in [5.41, 5.74) is 0.741. The fraction of sp³-hybridized carbons (Fsp3) is 0.364. The number of hydrogen-bond donors (Lipinski definition) is 0. The van der Waals surface area contributed by atoms with E-state index in [1.54, 1.807) is 18.2 Å². The molecule has 0 radical (unpaired) electrons. The molecule has 4 heteroatoms. The predicted octanol–water partition coefficient (Wildman–Crippen LogP) is 5.26. The van der Waals surface area contributed by atoms with E-state index in [4.69, 9.17) is 9.47 Å². The number of hydrogen-bond acceptors (Lipinski definition) is 4. The molecule has 138 valence electrons. The zero-order valence-electron chi connectivity index (χ0n) is 16.3. The lowest BCUT2D eigenvalue weighted by molar-refractivity contribution is -0.143. The molecule has 2 aromatic rings. The average Bonchev–Trinajstić information content (AvgIpc) is 2.54. The molecule has 0 saturated heterocycles. The van der Waals surface area contributed by atoms with Crippen molar-refractivity contribution in [2.75, 3.05) is 0 Å². The van der Waals surface area contributed by atoms with E-state index in [0.717, 1.165) is 11.1 Å². The van der Waals surface area contributed by atoms with Crippen LogP contribution in [0.4, 0.5) is 0 Å². The predicted molar refractivity (Wildman–Crippen MR) is 102 cm³/mol. The zero-order valence-corrected chi connectivity index (χ0v) is 16.3. The lowest BCUT2D eigenvalue weighted by atomic mass is 9.97. The smallest absolute Gasteiger partial charge is 0.316 e. The van der Waals surface area contributed by atoms with Crippen LogP contribution in [0.5, 0.6) is 11.5 Å². The quantitative estimate of drug-likeness (QED) is 0.557. The first kappa shape index (κ1) is 19.7. The van der Waals surface area contributed by atoms with E-state index in [9.17, 15) is 9.59 Å². The Morgan fingerprint density at radius 3 is 1.65 bits per heavy atom. The number of carbonyl (C=O) groups excluding carboxylic acids is 2. The van der Waals surface area contributed by atoms with Crippen LogP contribution in [0.3, 0.4) is 0 Å². The van der Waals surface area contributed by atoms with Crippen molar-refractivity contribution in [2.24, 2.45) is 10.8 Å². The molecule has 0 atom stereocenters. The Morgan fingerprint density at radius 1 is 0.654 bits per heavy atom. The fourth-order valence-corrected chi connectivity index (χ4v) is 1.97. The van der Waals surface area contributed by atoms with Crippen LogP contribution in [-0.2, 0) is 9.59 Å². The highest BCUT2D eigenvalue weighted by Crippen LogP contribution is 2.28. The van der Waals surface area contributed by atoms with E-state index in [0.29, 0.717) is 11.5 Å². The fourth-order valence-electron chi connectivity index (χ4n) is 1.97. The normalized spacial score (nSPS) is 11.8. The molecule has 0 unspecified atom stereocenters. The Bertz CT molecular complexity index is 790. The van der Waals surface area contributed by atoms with Gasteiger partial charge in [-0.2, -0.15) is 0 Å². The Balaban J connectivity index is 2.15. The van der Waals surface area contributed by atoms with Gasteiger partial charge in [0.15, 0.2) is 0 Å². The maximum Gasteiger partial charge on any atom is 0.316 e. The van der Waals surface area contributed by atoms with Gasteiger partial charge in [-0.3, -0.25) is 9.59 Å². The molecule has 4 nitrogen and oxygen atoms in total. The molecule has 0 heterocycles. The van der Waals surface area contributed by atoms with Gasteiger partial charge in [-0.15, -0.1) is 0 Å². The topological polar surface area (TPSA) is 52.6 Å². The highest BCUT2D eigenvalue weighted by Gasteiger charge is 2.24. The number of ether oxygens (including phenoxy) is 2. The standard InChI is InChI=1S/C22H26O4/c1-21(2,3)19(23)25-17-12-10-15(11-13-17)16-8-7-9-18(14-16)26-20(24)22(4,5)6/h7-14H,1-6H3. The molecule has 0 amide bonds. The summed E-state index contributed by atoms with van der Waals surface area (Å²) in [4.78, 5) is 24.0. The molecule has 2 aromatic carbocycles. The lowest BCUT2D eigenvalue weighted by Gasteiger charge is -2.17. The molecule has 0 spiro atoms. The summed E-state index contributed by atoms with van der Waals surface area (Å²) < 4.78 is 10.8. The molecule has 26 heavy (non-hydrogen) atoms. The summed E-state index contributed by atoms with van der Waals surface area (Å²) in [7, 11) is 0. The van der Waals surface area contributed by atoms with Gasteiger partial charge in [0, 0.05) is 0 Å². The Morgan fingerprint density at radius 2 is 1.15 bits per heavy atom. The van der Waals surface area contributed by atoms with E-state index in [-0.39, 0.29) is 11.9 Å². The molecule has 0 N–H and O–H groups in total. The lowest BCUT2D eigenvalue weighted by Crippen LogP contribution is -2.25. The molecule has 0 bridgehead atoms. The maximum absolute atomic E-state index is 12.0. The molecular formula is C22H26O4. The second-order valence-corrected chi connectivity index (χ2v) is 8.33. The van der Waals surface area contributed by atoms with Crippen molar-refractivity contribution in [1.82, 2.24) is 0 Å². The first-order valence-electron chi connectivity index (χ1n) is 8.62. The first-order valence-corrected chi connectivity index (χ1v) is 8.62. The van der Waals surface area contributed by atoms with Crippen LogP contribution in [0.2, 0.25) is 0 Å². The Kier molecular flexibility index (Phi) is 5.55. The Labute approximate surface area is 155 Å². The summed E-state index contributed by atoms with van der Waals surface area (Å²) in [6.45, 7) is 10.9. The summed E-state index contributed by atoms with van der Waals surface area (Å²) in [5.74, 6) is 0.454. The third-order valence-electron chi connectivity index (χ3n) is 3.67.